The highest BCUT2D eigenvalue weighted by atomic mass is 32.2. The number of thioether (sulfide) groups is 1. The van der Waals surface area contributed by atoms with E-state index < -0.39 is 0 Å². The summed E-state index contributed by atoms with van der Waals surface area (Å²) in [5, 5.41) is 0.581. The Labute approximate surface area is 119 Å². The second-order valence-electron chi connectivity index (χ2n) is 4.23. The molecule has 0 aliphatic carbocycles. The molecular formula is C14H22N2O2S. The lowest BCUT2D eigenvalue weighted by molar-refractivity contribution is 0.186. The molecule has 1 aromatic rings. The molecule has 0 unspecified atom stereocenters. The van der Waals surface area contributed by atoms with E-state index in [-0.39, 0.29) is 6.04 Å². The van der Waals surface area contributed by atoms with E-state index in [9.17, 15) is 0 Å². The van der Waals surface area contributed by atoms with Crippen molar-refractivity contribution < 1.29 is 9.47 Å². The third kappa shape index (κ3) is 6.50. The van der Waals surface area contributed by atoms with Crippen LogP contribution in [0.2, 0.25) is 0 Å². The molecule has 0 fully saturated rings. The third-order valence-corrected chi connectivity index (χ3v) is 3.21. The fourth-order valence-electron chi connectivity index (χ4n) is 1.55. The van der Waals surface area contributed by atoms with Crippen LogP contribution in [0.1, 0.15) is 12.5 Å². The fourth-order valence-corrected chi connectivity index (χ4v) is 2.18. The standard InChI is InChI=1S/C14H22N2O2S/c1-11-6-4-5-7-13(11)18-8-9-19-14(15)16-12(2)10-17-3/h4-7,12H,8-10H2,1-3H3,(H2,15,16)/t12-/m1/s1. The average molecular weight is 282 g/mol. The lowest BCUT2D eigenvalue weighted by Gasteiger charge is -2.09. The molecule has 0 bridgehead atoms. The number of aliphatic imine (C=N–C) groups is 1. The van der Waals surface area contributed by atoms with Crippen LogP contribution in [0, 0.1) is 6.92 Å². The van der Waals surface area contributed by atoms with E-state index in [1.165, 1.54) is 11.8 Å². The number of methoxy groups -OCH3 is 1. The van der Waals surface area contributed by atoms with Gasteiger partial charge in [-0.05, 0) is 25.5 Å². The van der Waals surface area contributed by atoms with Gasteiger partial charge >= 0.3 is 0 Å². The zero-order valence-electron chi connectivity index (χ0n) is 11.8. The average Bonchev–Trinajstić information content (AvgIpc) is 2.36. The van der Waals surface area contributed by atoms with Crippen molar-refractivity contribution in [3.63, 3.8) is 0 Å². The van der Waals surface area contributed by atoms with Crippen molar-refractivity contribution in [2.45, 2.75) is 19.9 Å². The molecule has 0 aromatic heterocycles. The topological polar surface area (TPSA) is 56.8 Å². The number of benzene rings is 1. The molecule has 4 nitrogen and oxygen atoms in total. The Hall–Kier alpha value is -1.20. The number of amidine groups is 1. The van der Waals surface area contributed by atoms with Crippen LogP contribution in [-0.2, 0) is 4.74 Å². The second-order valence-corrected chi connectivity index (χ2v) is 5.35. The highest BCUT2D eigenvalue weighted by Crippen LogP contribution is 2.16. The summed E-state index contributed by atoms with van der Waals surface area (Å²) in [7, 11) is 1.66. The molecular weight excluding hydrogens is 260 g/mol. The van der Waals surface area contributed by atoms with Crippen LogP contribution < -0.4 is 10.5 Å². The van der Waals surface area contributed by atoms with E-state index in [1.807, 2.05) is 38.1 Å². The Bertz CT molecular complexity index is 410. The Morgan fingerprint density at radius 1 is 1.42 bits per heavy atom. The zero-order chi connectivity index (χ0) is 14.1. The van der Waals surface area contributed by atoms with Gasteiger partial charge < -0.3 is 15.2 Å². The molecule has 1 rings (SSSR count). The maximum atomic E-state index is 5.82. The minimum Gasteiger partial charge on any atom is -0.492 e. The summed E-state index contributed by atoms with van der Waals surface area (Å²) in [6.45, 7) is 5.21. The number of para-hydroxylation sites is 1. The number of nitrogens with two attached hydrogens (primary N) is 1. The highest BCUT2D eigenvalue weighted by Gasteiger charge is 2.02. The Balaban J connectivity index is 2.26. The number of hydrogen-bond donors (Lipinski definition) is 1. The maximum absolute atomic E-state index is 5.82. The molecule has 0 amide bonds. The first-order valence-corrected chi connectivity index (χ1v) is 7.25. The minimum atomic E-state index is 0.0924. The summed E-state index contributed by atoms with van der Waals surface area (Å²) in [6.07, 6.45) is 0. The lowest BCUT2D eigenvalue weighted by atomic mass is 10.2. The molecule has 1 atom stereocenters. The largest absolute Gasteiger partial charge is 0.492 e. The molecule has 19 heavy (non-hydrogen) atoms. The number of nitrogens with zero attached hydrogens (tertiary/aromatic N) is 1. The van der Waals surface area contributed by atoms with E-state index in [0.717, 1.165) is 17.1 Å². The third-order valence-electron chi connectivity index (χ3n) is 2.44. The first-order valence-electron chi connectivity index (χ1n) is 6.27. The van der Waals surface area contributed by atoms with Gasteiger partial charge in [0.1, 0.15) is 5.75 Å². The van der Waals surface area contributed by atoms with Gasteiger partial charge in [0.2, 0.25) is 0 Å². The molecule has 2 N–H and O–H groups in total. The predicted molar refractivity (Wildman–Crippen MR) is 82.1 cm³/mol. The van der Waals surface area contributed by atoms with Crippen molar-refractivity contribution in [3.8, 4) is 5.75 Å². The quantitative estimate of drug-likeness (QED) is 0.474. The Kier molecular flexibility index (Phi) is 7.36. The normalized spacial score (nSPS) is 13.3. The minimum absolute atomic E-state index is 0.0924. The summed E-state index contributed by atoms with van der Waals surface area (Å²) < 4.78 is 10.7. The fraction of sp³-hybridized carbons (Fsp3) is 0.500. The van der Waals surface area contributed by atoms with Gasteiger partial charge in [0.05, 0.1) is 19.3 Å². The SMILES string of the molecule is COC[C@@H](C)N=C(N)SCCOc1ccccc1C. The van der Waals surface area contributed by atoms with Gasteiger partial charge in [-0.25, -0.2) is 0 Å². The van der Waals surface area contributed by atoms with Crippen LogP contribution in [0.25, 0.3) is 0 Å². The summed E-state index contributed by atoms with van der Waals surface area (Å²) in [5.41, 5.74) is 6.96. The molecule has 0 saturated carbocycles. The van der Waals surface area contributed by atoms with Gasteiger partial charge in [0, 0.05) is 12.9 Å². The van der Waals surface area contributed by atoms with Gasteiger partial charge in [-0.15, -0.1) is 0 Å². The monoisotopic (exact) mass is 282 g/mol. The maximum Gasteiger partial charge on any atom is 0.154 e. The summed E-state index contributed by atoms with van der Waals surface area (Å²) in [5.74, 6) is 1.70. The van der Waals surface area contributed by atoms with E-state index in [4.69, 9.17) is 15.2 Å². The molecule has 0 saturated heterocycles. The van der Waals surface area contributed by atoms with Crippen LogP contribution in [0.5, 0.6) is 5.75 Å². The smallest absolute Gasteiger partial charge is 0.154 e. The van der Waals surface area contributed by atoms with Crippen molar-refractivity contribution in [3.05, 3.63) is 29.8 Å². The number of rotatable bonds is 7. The van der Waals surface area contributed by atoms with Crippen LogP contribution in [0.3, 0.4) is 0 Å². The van der Waals surface area contributed by atoms with Crippen molar-refractivity contribution in [2.75, 3.05) is 26.1 Å². The summed E-state index contributed by atoms with van der Waals surface area (Å²) >= 11 is 1.50. The van der Waals surface area contributed by atoms with Crippen LogP contribution in [0.15, 0.2) is 29.3 Å². The second kappa shape index (κ2) is 8.82. The zero-order valence-corrected chi connectivity index (χ0v) is 12.6. The van der Waals surface area contributed by atoms with Crippen LogP contribution >= 0.6 is 11.8 Å². The van der Waals surface area contributed by atoms with Crippen LogP contribution in [-0.4, -0.2) is 37.3 Å². The molecule has 0 radical (unpaired) electrons. The van der Waals surface area contributed by atoms with Gasteiger partial charge in [-0.1, -0.05) is 30.0 Å². The van der Waals surface area contributed by atoms with E-state index >= 15 is 0 Å². The van der Waals surface area contributed by atoms with Gasteiger partial charge in [0.15, 0.2) is 5.17 Å². The van der Waals surface area contributed by atoms with E-state index in [0.29, 0.717) is 18.4 Å². The van der Waals surface area contributed by atoms with Gasteiger partial charge in [0.25, 0.3) is 0 Å². The molecule has 0 spiro atoms. The van der Waals surface area contributed by atoms with Crippen molar-refractivity contribution >= 4 is 16.9 Å². The van der Waals surface area contributed by atoms with Gasteiger partial charge in [-0.2, -0.15) is 0 Å². The number of ether oxygens (including phenoxy) is 2. The first-order chi connectivity index (χ1) is 9.13. The first kappa shape index (κ1) is 15.9. The van der Waals surface area contributed by atoms with Gasteiger partial charge in [-0.3, -0.25) is 4.99 Å². The molecule has 1 aromatic carbocycles. The summed E-state index contributed by atoms with van der Waals surface area (Å²) in [4.78, 5) is 4.31. The molecule has 5 heteroatoms. The molecule has 0 aliphatic heterocycles. The van der Waals surface area contributed by atoms with Crippen molar-refractivity contribution in [1.82, 2.24) is 0 Å². The predicted octanol–water partition coefficient (Wildman–Crippen LogP) is 2.46. The molecule has 0 heterocycles. The number of hydrogen-bond acceptors (Lipinski definition) is 4. The van der Waals surface area contributed by atoms with Crippen LogP contribution in [0.4, 0.5) is 0 Å². The van der Waals surface area contributed by atoms with Crippen molar-refractivity contribution in [1.29, 1.82) is 0 Å². The lowest BCUT2D eigenvalue weighted by Crippen LogP contribution is -2.16. The number of aryl methyl sites for hydroxylation is 1. The highest BCUT2D eigenvalue weighted by molar-refractivity contribution is 8.13. The Morgan fingerprint density at radius 2 is 2.16 bits per heavy atom. The summed E-state index contributed by atoms with van der Waals surface area (Å²) in [6, 6.07) is 8.06. The van der Waals surface area contributed by atoms with E-state index in [2.05, 4.69) is 4.99 Å². The Morgan fingerprint density at radius 3 is 2.84 bits per heavy atom. The van der Waals surface area contributed by atoms with E-state index in [1.54, 1.807) is 7.11 Å². The van der Waals surface area contributed by atoms with Crippen molar-refractivity contribution in [2.24, 2.45) is 10.7 Å². The molecule has 106 valence electrons. The molecule has 0 aliphatic rings.